The summed E-state index contributed by atoms with van der Waals surface area (Å²) < 4.78 is 0. The van der Waals surface area contributed by atoms with Crippen LogP contribution in [0, 0.1) is 5.92 Å². The van der Waals surface area contributed by atoms with Crippen molar-refractivity contribution in [2.24, 2.45) is 5.92 Å². The standard InChI is InChI=1S/C12H16N2O2/c1-9(2)7-13-11-5-3-10(8-14-11)4-6-12(15)16/h3-6,8-9H,7H2,1-2H3,(H,13,14)(H,15,16)/b6-4+. The molecule has 0 atom stereocenters. The van der Waals surface area contributed by atoms with E-state index < -0.39 is 5.97 Å². The summed E-state index contributed by atoms with van der Waals surface area (Å²) in [5.74, 6) is 0.413. The van der Waals surface area contributed by atoms with Crippen molar-refractivity contribution in [1.29, 1.82) is 0 Å². The summed E-state index contributed by atoms with van der Waals surface area (Å²) in [5, 5.41) is 11.6. The number of carboxylic acid groups (broad SMARTS) is 1. The Hall–Kier alpha value is -1.84. The number of pyridine rings is 1. The average Bonchev–Trinajstić information content (AvgIpc) is 2.25. The fourth-order valence-corrected chi connectivity index (χ4v) is 1.08. The molecular weight excluding hydrogens is 204 g/mol. The highest BCUT2D eigenvalue weighted by Gasteiger charge is 1.96. The highest BCUT2D eigenvalue weighted by Crippen LogP contribution is 2.07. The Bertz CT molecular complexity index is 369. The second-order valence-corrected chi connectivity index (χ2v) is 3.92. The highest BCUT2D eigenvalue weighted by molar-refractivity contribution is 5.85. The maximum Gasteiger partial charge on any atom is 0.328 e. The molecule has 0 spiro atoms. The summed E-state index contributed by atoms with van der Waals surface area (Å²) in [7, 11) is 0. The van der Waals surface area contributed by atoms with Crippen LogP contribution in [0.4, 0.5) is 5.82 Å². The Kier molecular flexibility index (Phi) is 4.51. The largest absolute Gasteiger partial charge is 0.478 e. The van der Waals surface area contributed by atoms with Gasteiger partial charge in [0.1, 0.15) is 5.82 Å². The van der Waals surface area contributed by atoms with Crippen molar-refractivity contribution in [3.63, 3.8) is 0 Å². The molecule has 0 saturated heterocycles. The summed E-state index contributed by atoms with van der Waals surface area (Å²) in [5.41, 5.74) is 0.775. The van der Waals surface area contributed by atoms with Gasteiger partial charge in [-0.25, -0.2) is 9.78 Å². The van der Waals surface area contributed by atoms with Gasteiger partial charge in [0.2, 0.25) is 0 Å². The lowest BCUT2D eigenvalue weighted by Crippen LogP contribution is -2.08. The number of aromatic nitrogens is 1. The molecule has 0 radical (unpaired) electrons. The molecule has 0 fully saturated rings. The lowest BCUT2D eigenvalue weighted by molar-refractivity contribution is -0.131. The van der Waals surface area contributed by atoms with E-state index in [-0.39, 0.29) is 0 Å². The van der Waals surface area contributed by atoms with Crippen molar-refractivity contribution in [1.82, 2.24) is 4.98 Å². The maximum absolute atomic E-state index is 10.3. The third-order valence-electron chi connectivity index (χ3n) is 1.90. The zero-order chi connectivity index (χ0) is 12.0. The maximum atomic E-state index is 10.3. The zero-order valence-electron chi connectivity index (χ0n) is 9.47. The van der Waals surface area contributed by atoms with E-state index in [1.807, 2.05) is 12.1 Å². The minimum absolute atomic E-state index is 0.563. The molecule has 0 saturated carbocycles. The first-order valence-corrected chi connectivity index (χ1v) is 5.19. The molecule has 1 aromatic heterocycles. The van der Waals surface area contributed by atoms with E-state index in [0.717, 1.165) is 24.0 Å². The van der Waals surface area contributed by atoms with Gasteiger partial charge in [-0.15, -0.1) is 0 Å². The Morgan fingerprint density at radius 1 is 1.56 bits per heavy atom. The molecule has 1 rings (SSSR count). The van der Waals surface area contributed by atoms with E-state index in [2.05, 4.69) is 24.1 Å². The topological polar surface area (TPSA) is 62.2 Å². The van der Waals surface area contributed by atoms with Crippen molar-refractivity contribution < 1.29 is 9.90 Å². The first-order valence-electron chi connectivity index (χ1n) is 5.19. The minimum atomic E-state index is -0.956. The van der Waals surface area contributed by atoms with Crippen LogP contribution >= 0.6 is 0 Å². The zero-order valence-corrected chi connectivity index (χ0v) is 9.47. The second kappa shape index (κ2) is 5.90. The van der Waals surface area contributed by atoms with Crippen LogP contribution < -0.4 is 5.32 Å². The molecule has 4 nitrogen and oxygen atoms in total. The van der Waals surface area contributed by atoms with Gasteiger partial charge < -0.3 is 10.4 Å². The fraction of sp³-hybridized carbons (Fsp3) is 0.333. The Morgan fingerprint density at radius 3 is 2.81 bits per heavy atom. The summed E-state index contributed by atoms with van der Waals surface area (Å²) in [6.45, 7) is 5.12. The number of rotatable bonds is 5. The van der Waals surface area contributed by atoms with E-state index in [9.17, 15) is 4.79 Å². The molecule has 1 aromatic rings. The van der Waals surface area contributed by atoms with Crippen LogP contribution in [0.1, 0.15) is 19.4 Å². The molecule has 0 aromatic carbocycles. The average molecular weight is 220 g/mol. The number of anilines is 1. The monoisotopic (exact) mass is 220 g/mol. The Balaban J connectivity index is 2.57. The van der Waals surface area contributed by atoms with Crippen LogP contribution in [0.25, 0.3) is 6.08 Å². The van der Waals surface area contributed by atoms with Crippen molar-refractivity contribution in [2.45, 2.75) is 13.8 Å². The van der Waals surface area contributed by atoms with E-state index in [0.29, 0.717) is 5.92 Å². The molecule has 0 aliphatic rings. The number of hydrogen-bond donors (Lipinski definition) is 2. The van der Waals surface area contributed by atoms with Gasteiger partial charge in [0.25, 0.3) is 0 Å². The third-order valence-corrected chi connectivity index (χ3v) is 1.90. The lowest BCUT2D eigenvalue weighted by Gasteiger charge is -2.07. The van der Waals surface area contributed by atoms with E-state index in [1.165, 1.54) is 6.08 Å². The van der Waals surface area contributed by atoms with Crippen LogP contribution in [-0.4, -0.2) is 22.6 Å². The summed E-state index contributed by atoms with van der Waals surface area (Å²) in [4.78, 5) is 14.5. The first-order chi connectivity index (χ1) is 7.58. The number of nitrogens with zero attached hydrogens (tertiary/aromatic N) is 1. The van der Waals surface area contributed by atoms with E-state index >= 15 is 0 Å². The SMILES string of the molecule is CC(C)CNc1ccc(/C=C/C(=O)O)cn1. The number of hydrogen-bond acceptors (Lipinski definition) is 3. The molecule has 16 heavy (non-hydrogen) atoms. The van der Waals surface area contributed by atoms with Crippen molar-refractivity contribution >= 4 is 17.9 Å². The van der Waals surface area contributed by atoms with Crippen LogP contribution in [-0.2, 0) is 4.79 Å². The smallest absolute Gasteiger partial charge is 0.328 e. The van der Waals surface area contributed by atoms with Gasteiger partial charge in [-0.2, -0.15) is 0 Å². The molecule has 4 heteroatoms. The van der Waals surface area contributed by atoms with Crippen LogP contribution in [0.5, 0.6) is 0 Å². The molecule has 2 N–H and O–H groups in total. The second-order valence-electron chi connectivity index (χ2n) is 3.92. The molecule has 0 unspecified atom stereocenters. The van der Waals surface area contributed by atoms with Gasteiger partial charge in [-0.3, -0.25) is 0 Å². The predicted octanol–water partition coefficient (Wildman–Crippen LogP) is 2.25. The van der Waals surface area contributed by atoms with Crippen LogP contribution in [0.2, 0.25) is 0 Å². The number of nitrogens with one attached hydrogen (secondary N) is 1. The summed E-state index contributed by atoms with van der Waals surface area (Å²) >= 11 is 0. The Labute approximate surface area is 95.0 Å². The van der Waals surface area contributed by atoms with Crippen LogP contribution in [0.3, 0.4) is 0 Å². The van der Waals surface area contributed by atoms with Gasteiger partial charge in [0, 0.05) is 18.8 Å². The first kappa shape index (κ1) is 12.2. The highest BCUT2D eigenvalue weighted by atomic mass is 16.4. The molecule has 0 aliphatic carbocycles. The van der Waals surface area contributed by atoms with Crippen LogP contribution in [0.15, 0.2) is 24.4 Å². The number of carbonyl (C=O) groups is 1. The van der Waals surface area contributed by atoms with Gasteiger partial charge in [0.05, 0.1) is 0 Å². The molecule has 0 amide bonds. The molecule has 1 heterocycles. The summed E-state index contributed by atoms with van der Waals surface area (Å²) in [6.07, 6.45) is 4.25. The van der Waals surface area contributed by atoms with E-state index in [1.54, 1.807) is 6.20 Å². The van der Waals surface area contributed by atoms with Crippen molar-refractivity contribution in [2.75, 3.05) is 11.9 Å². The molecule has 0 aliphatic heterocycles. The molecule has 86 valence electrons. The van der Waals surface area contributed by atoms with Gasteiger partial charge >= 0.3 is 5.97 Å². The summed E-state index contributed by atoms with van der Waals surface area (Å²) in [6, 6.07) is 3.67. The fourth-order valence-electron chi connectivity index (χ4n) is 1.08. The van der Waals surface area contributed by atoms with Gasteiger partial charge in [0.15, 0.2) is 0 Å². The Morgan fingerprint density at radius 2 is 2.31 bits per heavy atom. The molecule has 0 bridgehead atoms. The predicted molar refractivity (Wildman–Crippen MR) is 64.2 cm³/mol. The van der Waals surface area contributed by atoms with Gasteiger partial charge in [-0.05, 0) is 29.7 Å². The van der Waals surface area contributed by atoms with Gasteiger partial charge in [-0.1, -0.05) is 13.8 Å². The lowest BCUT2D eigenvalue weighted by atomic mass is 10.2. The van der Waals surface area contributed by atoms with Crippen molar-refractivity contribution in [3.8, 4) is 0 Å². The quantitative estimate of drug-likeness (QED) is 0.747. The number of aliphatic carboxylic acids is 1. The third kappa shape index (κ3) is 4.59. The number of carboxylic acids is 1. The van der Waals surface area contributed by atoms with Crippen molar-refractivity contribution in [3.05, 3.63) is 30.0 Å². The normalized spacial score (nSPS) is 10.9. The molecular formula is C12H16N2O2. The minimum Gasteiger partial charge on any atom is -0.478 e. The van der Waals surface area contributed by atoms with E-state index in [4.69, 9.17) is 5.11 Å².